The molecule has 0 radical (unpaired) electrons. The first-order chi connectivity index (χ1) is 9.19. The Morgan fingerprint density at radius 3 is 2.63 bits per heavy atom. The number of rotatable bonds is 6. The van der Waals surface area contributed by atoms with Crippen molar-refractivity contribution in [2.75, 3.05) is 6.54 Å². The fraction of sp³-hybridized carbons (Fsp3) is 0.375. The Bertz CT molecular complexity index is 533. The first kappa shape index (κ1) is 14.2. The summed E-state index contributed by atoms with van der Waals surface area (Å²) in [6, 6.07) is 10.7. The van der Waals surface area contributed by atoms with Crippen LogP contribution in [-0.2, 0) is 12.3 Å². The molecular weight excluding hydrogens is 254 g/mol. The molecular formula is C16H21NOS. The Morgan fingerprint density at radius 1 is 1.11 bits per heavy atom. The van der Waals surface area contributed by atoms with Crippen molar-refractivity contribution in [2.45, 2.75) is 38.0 Å². The highest BCUT2D eigenvalue weighted by atomic mass is 32.2. The van der Waals surface area contributed by atoms with Gasteiger partial charge in [0.25, 0.3) is 0 Å². The molecule has 0 spiro atoms. The fourth-order valence-electron chi connectivity index (χ4n) is 1.95. The van der Waals surface area contributed by atoms with Gasteiger partial charge in [-0.15, -0.1) is 11.8 Å². The average molecular weight is 275 g/mol. The number of hydrogen-bond donors (Lipinski definition) is 1. The summed E-state index contributed by atoms with van der Waals surface area (Å²) in [4.78, 5) is 1.33. The molecule has 102 valence electrons. The van der Waals surface area contributed by atoms with Gasteiger partial charge in [0.2, 0.25) is 0 Å². The summed E-state index contributed by atoms with van der Waals surface area (Å²) >= 11 is 1.83. The van der Waals surface area contributed by atoms with Crippen LogP contribution in [-0.4, -0.2) is 6.54 Å². The summed E-state index contributed by atoms with van der Waals surface area (Å²) in [6.45, 7) is 8.16. The molecule has 1 N–H and O–H groups in total. The average Bonchev–Trinajstić information content (AvgIpc) is 2.83. The van der Waals surface area contributed by atoms with Gasteiger partial charge in [-0.25, -0.2) is 0 Å². The maximum absolute atomic E-state index is 5.79. The van der Waals surface area contributed by atoms with Crippen molar-refractivity contribution in [1.82, 2.24) is 5.32 Å². The van der Waals surface area contributed by atoms with E-state index in [-0.39, 0.29) is 0 Å². The zero-order valence-corrected chi connectivity index (χ0v) is 12.6. The van der Waals surface area contributed by atoms with Crippen molar-refractivity contribution in [3.05, 3.63) is 53.0 Å². The van der Waals surface area contributed by atoms with E-state index in [0.717, 1.165) is 30.4 Å². The van der Waals surface area contributed by atoms with Crippen molar-refractivity contribution in [3.8, 4) is 0 Å². The minimum Gasteiger partial charge on any atom is -0.464 e. The Balaban J connectivity index is 1.92. The van der Waals surface area contributed by atoms with Crippen LogP contribution < -0.4 is 5.32 Å². The van der Waals surface area contributed by atoms with E-state index in [1.54, 1.807) is 0 Å². The molecule has 0 bridgehead atoms. The van der Waals surface area contributed by atoms with Gasteiger partial charge in [0.05, 0.1) is 12.3 Å². The molecule has 1 aromatic carbocycles. The molecule has 0 aliphatic rings. The maximum Gasteiger partial charge on any atom is 0.117 e. The topological polar surface area (TPSA) is 25.2 Å². The van der Waals surface area contributed by atoms with Gasteiger partial charge in [-0.1, -0.05) is 24.6 Å². The van der Waals surface area contributed by atoms with Crippen molar-refractivity contribution in [2.24, 2.45) is 0 Å². The zero-order chi connectivity index (χ0) is 13.7. The third kappa shape index (κ3) is 4.15. The molecule has 0 amide bonds. The van der Waals surface area contributed by atoms with Crippen LogP contribution >= 0.6 is 11.8 Å². The molecule has 0 fully saturated rings. The van der Waals surface area contributed by atoms with E-state index in [1.807, 2.05) is 11.8 Å². The number of hydrogen-bond acceptors (Lipinski definition) is 3. The second-order valence-corrected chi connectivity index (χ2v) is 5.72. The van der Waals surface area contributed by atoms with Crippen molar-refractivity contribution < 1.29 is 4.42 Å². The van der Waals surface area contributed by atoms with Gasteiger partial charge >= 0.3 is 0 Å². The standard InChI is InChI=1S/C16H21NOS/c1-4-17-10-14-6-7-15(18-14)11-19-16-8-5-12(2)9-13(16)3/h5-9,17H,4,10-11H2,1-3H3. The number of aryl methyl sites for hydroxylation is 2. The van der Waals surface area contributed by atoms with Gasteiger partial charge in [0.1, 0.15) is 11.5 Å². The zero-order valence-electron chi connectivity index (χ0n) is 11.8. The van der Waals surface area contributed by atoms with Crippen LogP contribution in [0.15, 0.2) is 39.6 Å². The second-order valence-electron chi connectivity index (χ2n) is 4.71. The quantitative estimate of drug-likeness (QED) is 0.796. The molecule has 0 saturated carbocycles. The van der Waals surface area contributed by atoms with Crippen molar-refractivity contribution in [3.63, 3.8) is 0 Å². The van der Waals surface area contributed by atoms with E-state index >= 15 is 0 Å². The van der Waals surface area contributed by atoms with E-state index in [1.165, 1.54) is 16.0 Å². The summed E-state index contributed by atoms with van der Waals surface area (Å²) in [5.41, 5.74) is 2.65. The van der Waals surface area contributed by atoms with Crippen LogP contribution in [0.4, 0.5) is 0 Å². The normalized spacial score (nSPS) is 10.9. The van der Waals surface area contributed by atoms with Crippen molar-refractivity contribution >= 4 is 11.8 Å². The molecule has 2 aromatic rings. The van der Waals surface area contributed by atoms with Gasteiger partial charge < -0.3 is 9.73 Å². The van der Waals surface area contributed by atoms with Gasteiger partial charge in [0.15, 0.2) is 0 Å². The van der Waals surface area contributed by atoms with E-state index in [9.17, 15) is 0 Å². The minimum absolute atomic E-state index is 0.810. The third-order valence-corrected chi connectivity index (χ3v) is 4.16. The van der Waals surface area contributed by atoms with Crippen LogP contribution in [0, 0.1) is 13.8 Å². The smallest absolute Gasteiger partial charge is 0.117 e. The Kier molecular flexibility index (Phi) is 5.11. The molecule has 19 heavy (non-hydrogen) atoms. The summed E-state index contributed by atoms with van der Waals surface area (Å²) in [7, 11) is 0. The number of thioether (sulfide) groups is 1. The molecule has 1 aromatic heterocycles. The van der Waals surface area contributed by atoms with Crippen LogP contribution in [0.2, 0.25) is 0 Å². The van der Waals surface area contributed by atoms with Crippen molar-refractivity contribution in [1.29, 1.82) is 0 Å². The number of nitrogens with one attached hydrogen (secondary N) is 1. The molecule has 0 unspecified atom stereocenters. The lowest BCUT2D eigenvalue weighted by atomic mass is 10.2. The SMILES string of the molecule is CCNCc1ccc(CSc2ccc(C)cc2C)o1. The highest BCUT2D eigenvalue weighted by molar-refractivity contribution is 7.98. The predicted molar refractivity (Wildman–Crippen MR) is 81.6 cm³/mol. The van der Waals surface area contributed by atoms with E-state index in [2.05, 4.69) is 56.4 Å². The van der Waals surface area contributed by atoms with Crippen LogP contribution in [0.1, 0.15) is 29.6 Å². The summed E-state index contributed by atoms with van der Waals surface area (Å²) in [5, 5.41) is 3.27. The number of furan rings is 1. The highest BCUT2D eigenvalue weighted by Crippen LogP contribution is 2.27. The molecule has 0 aliphatic carbocycles. The Labute approximate surface area is 119 Å². The maximum atomic E-state index is 5.79. The lowest BCUT2D eigenvalue weighted by Gasteiger charge is -2.05. The molecule has 0 aliphatic heterocycles. The van der Waals surface area contributed by atoms with Gasteiger partial charge in [-0.05, 0) is 44.2 Å². The summed E-state index contributed by atoms with van der Waals surface area (Å²) < 4.78 is 5.79. The lowest BCUT2D eigenvalue weighted by molar-refractivity contribution is 0.463. The fourth-order valence-corrected chi connectivity index (χ4v) is 2.86. The largest absolute Gasteiger partial charge is 0.464 e. The molecule has 3 heteroatoms. The van der Waals surface area contributed by atoms with E-state index in [4.69, 9.17) is 4.42 Å². The minimum atomic E-state index is 0.810. The molecule has 0 atom stereocenters. The first-order valence-corrected chi connectivity index (χ1v) is 7.66. The summed E-state index contributed by atoms with van der Waals surface area (Å²) in [6.07, 6.45) is 0. The van der Waals surface area contributed by atoms with E-state index in [0.29, 0.717) is 0 Å². The van der Waals surface area contributed by atoms with Crippen LogP contribution in [0.3, 0.4) is 0 Å². The molecule has 2 nitrogen and oxygen atoms in total. The third-order valence-electron chi connectivity index (χ3n) is 2.97. The second kappa shape index (κ2) is 6.83. The molecule has 2 rings (SSSR count). The summed E-state index contributed by atoms with van der Waals surface area (Å²) in [5.74, 6) is 2.94. The highest BCUT2D eigenvalue weighted by Gasteiger charge is 2.04. The molecule has 1 heterocycles. The molecule has 0 saturated heterocycles. The monoisotopic (exact) mass is 275 g/mol. The Morgan fingerprint density at radius 2 is 1.89 bits per heavy atom. The van der Waals surface area contributed by atoms with Gasteiger partial charge in [-0.2, -0.15) is 0 Å². The van der Waals surface area contributed by atoms with Gasteiger partial charge in [0, 0.05) is 4.90 Å². The Hall–Kier alpha value is -1.19. The van der Waals surface area contributed by atoms with Crippen LogP contribution in [0.25, 0.3) is 0 Å². The van der Waals surface area contributed by atoms with Crippen LogP contribution in [0.5, 0.6) is 0 Å². The number of benzene rings is 1. The van der Waals surface area contributed by atoms with E-state index < -0.39 is 0 Å². The van der Waals surface area contributed by atoms with Gasteiger partial charge in [-0.3, -0.25) is 0 Å². The first-order valence-electron chi connectivity index (χ1n) is 6.67. The lowest BCUT2D eigenvalue weighted by Crippen LogP contribution is -2.10. The predicted octanol–water partition coefficient (Wildman–Crippen LogP) is 4.30.